The summed E-state index contributed by atoms with van der Waals surface area (Å²) in [6.45, 7) is 0.0986. The van der Waals surface area contributed by atoms with Crippen molar-refractivity contribution in [2.75, 3.05) is 6.54 Å². The normalized spacial score (nSPS) is 18.6. The van der Waals surface area contributed by atoms with E-state index in [9.17, 15) is 18.5 Å². The van der Waals surface area contributed by atoms with E-state index in [0.29, 0.717) is 0 Å². The third kappa shape index (κ3) is 4.02. The van der Waals surface area contributed by atoms with Crippen LogP contribution in [0.5, 0.6) is 0 Å². The molecule has 0 aromatic heterocycles. The highest BCUT2D eigenvalue weighted by Gasteiger charge is 2.30. The van der Waals surface area contributed by atoms with Gasteiger partial charge in [-0.3, -0.25) is 10.1 Å². The lowest BCUT2D eigenvalue weighted by atomic mass is 9.92. The molecule has 0 atom stereocenters. The molecular weight excluding hydrogens is 306 g/mol. The first-order chi connectivity index (χ1) is 10.3. The Kier molecular flexibility index (Phi) is 5.15. The SMILES string of the molecule is NC1(CNS(=O)(=O)c2ccccc2[N+](=O)[O-])CCCCCC1. The van der Waals surface area contributed by atoms with Crippen LogP contribution in [0, 0.1) is 10.1 Å². The minimum absolute atomic E-state index is 0.0986. The van der Waals surface area contributed by atoms with Crippen LogP contribution in [-0.4, -0.2) is 25.4 Å². The Hall–Kier alpha value is -1.51. The molecule has 0 radical (unpaired) electrons. The molecular formula is C14H21N3O4S. The predicted octanol–water partition coefficient (Wildman–Crippen LogP) is 1.92. The molecule has 1 aromatic rings. The highest BCUT2D eigenvalue weighted by atomic mass is 32.2. The molecule has 0 heterocycles. The second-order valence-electron chi connectivity index (χ2n) is 5.83. The topological polar surface area (TPSA) is 115 Å². The Balaban J connectivity index is 2.16. The fraction of sp³-hybridized carbons (Fsp3) is 0.571. The average molecular weight is 327 g/mol. The number of hydrogen-bond donors (Lipinski definition) is 2. The first kappa shape index (κ1) is 16.9. The molecule has 0 bridgehead atoms. The number of nitrogens with one attached hydrogen (secondary N) is 1. The van der Waals surface area contributed by atoms with Crippen LogP contribution in [0.4, 0.5) is 5.69 Å². The summed E-state index contributed by atoms with van der Waals surface area (Å²) in [6, 6.07) is 5.31. The zero-order chi connectivity index (χ0) is 16.2. The standard InChI is InChI=1S/C14H21N3O4S/c15-14(9-5-1-2-6-10-14)11-16-22(20,21)13-8-4-3-7-12(13)17(18)19/h3-4,7-8,16H,1-2,5-6,9-11,15H2. The fourth-order valence-electron chi connectivity index (χ4n) is 2.76. The van der Waals surface area contributed by atoms with Crippen LogP contribution in [0.3, 0.4) is 0 Å². The third-order valence-electron chi connectivity index (χ3n) is 4.07. The van der Waals surface area contributed by atoms with E-state index in [4.69, 9.17) is 5.73 Å². The van der Waals surface area contributed by atoms with Gasteiger partial charge < -0.3 is 5.73 Å². The first-order valence-corrected chi connectivity index (χ1v) is 8.84. The van der Waals surface area contributed by atoms with Gasteiger partial charge in [0.25, 0.3) is 5.69 Å². The van der Waals surface area contributed by atoms with E-state index in [1.807, 2.05) is 0 Å². The molecule has 0 saturated heterocycles. The molecule has 2 rings (SSSR count). The quantitative estimate of drug-likeness (QED) is 0.487. The molecule has 7 nitrogen and oxygen atoms in total. The largest absolute Gasteiger partial charge is 0.324 e. The van der Waals surface area contributed by atoms with Gasteiger partial charge in [0.05, 0.1) is 4.92 Å². The number of sulfonamides is 1. The Morgan fingerprint density at radius 1 is 1.18 bits per heavy atom. The Morgan fingerprint density at radius 3 is 2.36 bits per heavy atom. The Labute approximate surface area is 130 Å². The van der Waals surface area contributed by atoms with Gasteiger partial charge in [0, 0.05) is 18.2 Å². The highest BCUT2D eigenvalue weighted by Crippen LogP contribution is 2.26. The van der Waals surface area contributed by atoms with Gasteiger partial charge in [0.1, 0.15) is 0 Å². The van der Waals surface area contributed by atoms with E-state index in [0.717, 1.165) is 38.5 Å². The van der Waals surface area contributed by atoms with Crippen molar-refractivity contribution in [3.05, 3.63) is 34.4 Å². The van der Waals surface area contributed by atoms with Gasteiger partial charge in [-0.15, -0.1) is 0 Å². The van der Waals surface area contributed by atoms with Crippen molar-refractivity contribution < 1.29 is 13.3 Å². The van der Waals surface area contributed by atoms with Crippen LogP contribution in [0.25, 0.3) is 0 Å². The second-order valence-corrected chi connectivity index (χ2v) is 7.56. The van der Waals surface area contributed by atoms with Crippen molar-refractivity contribution >= 4 is 15.7 Å². The van der Waals surface area contributed by atoms with Crippen LogP contribution >= 0.6 is 0 Å². The predicted molar refractivity (Wildman–Crippen MR) is 82.9 cm³/mol. The van der Waals surface area contributed by atoms with E-state index in [1.54, 1.807) is 0 Å². The summed E-state index contributed by atoms with van der Waals surface area (Å²) in [6.07, 6.45) is 5.68. The van der Waals surface area contributed by atoms with Crippen LogP contribution in [0.2, 0.25) is 0 Å². The van der Waals surface area contributed by atoms with Crippen molar-refractivity contribution in [3.63, 3.8) is 0 Å². The molecule has 8 heteroatoms. The molecule has 1 aliphatic carbocycles. The van der Waals surface area contributed by atoms with Gasteiger partial charge >= 0.3 is 0 Å². The second kappa shape index (κ2) is 6.72. The molecule has 3 N–H and O–H groups in total. The number of rotatable bonds is 5. The van der Waals surface area contributed by atoms with Gasteiger partial charge in [-0.05, 0) is 18.9 Å². The van der Waals surface area contributed by atoms with Gasteiger partial charge in [-0.1, -0.05) is 37.8 Å². The van der Waals surface area contributed by atoms with Crippen molar-refractivity contribution in [1.82, 2.24) is 4.72 Å². The third-order valence-corrected chi connectivity index (χ3v) is 5.51. The maximum absolute atomic E-state index is 12.4. The van der Waals surface area contributed by atoms with Gasteiger partial charge in [0.2, 0.25) is 10.0 Å². The molecule has 1 saturated carbocycles. The smallest absolute Gasteiger partial charge is 0.289 e. The molecule has 1 aliphatic rings. The zero-order valence-electron chi connectivity index (χ0n) is 12.3. The lowest BCUT2D eigenvalue weighted by molar-refractivity contribution is -0.387. The van der Waals surface area contributed by atoms with Crippen molar-refractivity contribution in [2.24, 2.45) is 5.73 Å². The van der Waals surface area contributed by atoms with Crippen LogP contribution < -0.4 is 10.5 Å². The Bertz CT molecular complexity index is 637. The van der Waals surface area contributed by atoms with Crippen molar-refractivity contribution in [3.8, 4) is 0 Å². The minimum Gasteiger partial charge on any atom is -0.324 e. The van der Waals surface area contributed by atoms with Crippen LogP contribution in [-0.2, 0) is 10.0 Å². The number of nitrogens with zero attached hydrogens (tertiary/aromatic N) is 1. The van der Waals surface area contributed by atoms with E-state index in [2.05, 4.69) is 4.72 Å². The van der Waals surface area contributed by atoms with Crippen molar-refractivity contribution in [2.45, 2.75) is 49.0 Å². The molecule has 22 heavy (non-hydrogen) atoms. The molecule has 0 aliphatic heterocycles. The summed E-state index contributed by atoms with van der Waals surface area (Å²) in [5, 5.41) is 11.0. The molecule has 1 aromatic carbocycles. The minimum atomic E-state index is -3.96. The maximum atomic E-state index is 12.4. The summed E-state index contributed by atoms with van der Waals surface area (Å²) in [5.74, 6) is 0. The molecule has 0 spiro atoms. The van der Waals surface area contributed by atoms with Crippen LogP contribution in [0.15, 0.2) is 29.2 Å². The first-order valence-electron chi connectivity index (χ1n) is 7.36. The number of benzene rings is 1. The average Bonchev–Trinajstić information content (AvgIpc) is 2.71. The maximum Gasteiger partial charge on any atom is 0.289 e. The Morgan fingerprint density at radius 2 is 1.77 bits per heavy atom. The van der Waals surface area contributed by atoms with E-state index in [1.165, 1.54) is 24.3 Å². The summed E-state index contributed by atoms with van der Waals surface area (Å²) in [7, 11) is -3.96. The van der Waals surface area contributed by atoms with Crippen LogP contribution in [0.1, 0.15) is 38.5 Å². The van der Waals surface area contributed by atoms with Gasteiger partial charge in [-0.2, -0.15) is 0 Å². The summed E-state index contributed by atoms with van der Waals surface area (Å²) in [4.78, 5) is 9.95. The summed E-state index contributed by atoms with van der Waals surface area (Å²) in [5.41, 5.74) is 5.28. The molecule has 0 unspecified atom stereocenters. The lowest BCUT2D eigenvalue weighted by Gasteiger charge is -2.28. The molecule has 0 amide bonds. The zero-order valence-corrected chi connectivity index (χ0v) is 13.1. The van der Waals surface area contributed by atoms with E-state index >= 15 is 0 Å². The number of nitrogens with two attached hydrogens (primary N) is 1. The number of hydrogen-bond acceptors (Lipinski definition) is 5. The van der Waals surface area contributed by atoms with E-state index in [-0.39, 0.29) is 11.4 Å². The number of nitro groups is 1. The van der Waals surface area contributed by atoms with Gasteiger partial charge in [0.15, 0.2) is 4.90 Å². The number of para-hydroxylation sites is 1. The van der Waals surface area contributed by atoms with Gasteiger partial charge in [-0.25, -0.2) is 13.1 Å². The summed E-state index contributed by atoms with van der Waals surface area (Å²) < 4.78 is 27.2. The summed E-state index contributed by atoms with van der Waals surface area (Å²) >= 11 is 0. The monoisotopic (exact) mass is 327 g/mol. The van der Waals surface area contributed by atoms with E-state index < -0.39 is 26.2 Å². The lowest BCUT2D eigenvalue weighted by Crippen LogP contribution is -2.49. The highest BCUT2D eigenvalue weighted by molar-refractivity contribution is 7.89. The fourth-order valence-corrected chi connectivity index (χ4v) is 4.07. The number of nitro benzene ring substituents is 1. The van der Waals surface area contributed by atoms with Crippen molar-refractivity contribution in [1.29, 1.82) is 0 Å². The molecule has 1 fully saturated rings. The molecule has 122 valence electrons.